The fourth-order valence-electron chi connectivity index (χ4n) is 3.01. The molecular formula is C21H16N4O3. The predicted octanol–water partition coefficient (Wildman–Crippen LogP) is 3.46. The van der Waals surface area contributed by atoms with E-state index in [0.29, 0.717) is 17.2 Å². The van der Waals surface area contributed by atoms with Gasteiger partial charge in [0.25, 0.3) is 5.91 Å². The van der Waals surface area contributed by atoms with Crippen LogP contribution in [-0.2, 0) is 4.74 Å². The predicted molar refractivity (Wildman–Crippen MR) is 105 cm³/mol. The third-order valence-electron chi connectivity index (χ3n) is 4.30. The Balaban J connectivity index is 1.77. The van der Waals surface area contributed by atoms with Crippen LogP contribution < -0.4 is 5.32 Å². The molecule has 28 heavy (non-hydrogen) atoms. The third kappa shape index (κ3) is 3.09. The average Bonchev–Trinajstić information content (AvgIpc) is 3.14. The van der Waals surface area contributed by atoms with E-state index in [1.807, 2.05) is 24.3 Å². The highest BCUT2D eigenvalue weighted by molar-refractivity contribution is 6.14. The van der Waals surface area contributed by atoms with Crippen LogP contribution in [0.3, 0.4) is 0 Å². The average molecular weight is 372 g/mol. The number of benzene rings is 2. The number of aromatic nitrogens is 3. The second-order valence-electron chi connectivity index (χ2n) is 5.97. The molecule has 7 heteroatoms. The van der Waals surface area contributed by atoms with E-state index < -0.39 is 5.97 Å². The minimum atomic E-state index is -0.518. The number of rotatable bonds is 4. The van der Waals surface area contributed by atoms with E-state index in [-0.39, 0.29) is 11.5 Å². The third-order valence-corrected chi connectivity index (χ3v) is 4.30. The van der Waals surface area contributed by atoms with Crippen LogP contribution in [0.15, 0.2) is 73.2 Å². The van der Waals surface area contributed by atoms with Crippen molar-refractivity contribution in [3.63, 3.8) is 0 Å². The summed E-state index contributed by atoms with van der Waals surface area (Å²) in [6.45, 7) is 0. The van der Waals surface area contributed by atoms with Crippen molar-refractivity contribution < 1.29 is 14.3 Å². The quantitative estimate of drug-likeness (QED) is 0.555. The van der Waals surface area contributed by atoms with E-state index in [0.717, 1.165) is 10.9 Å². The monoisotopic (exact) mass is 372 g/mol. The van der Waals surface area contributed by atoms with E-state index in [9.17, 15) is 9.59 Å². The molecule has 1 amide bonds. The lowest BCUT2D eigenvalue weighted by Gasteiger charge is -2.09. The number of amides is 1. The van der Waals surface area contributed by atoms with Gasteiger partial charge in [-0.15, -0.1) is 0 Å². The Morgan fingerprint density at radius 3 is 2.43 bits per heavy atom. The minimum Gasteiger partial charge on any atom is -0.465 e. The lowest BCUT2D eigenvalue weighted by atomic mass is 10.1. The molecule has 0 saturated heterocycles. The standard InChI is InChI=1S/C21H16N4O3/c1-28-20(27)15-8-2-4-9-17(15)24-19(26)16-13-25(21-22-11-6-12-23-21)18-10-5-3-7-14(16)18/h2-13H,1H3,(H,24,26). The number of anilines is 1. The van der Waals surface area contributed by atoms with Gasteiger partial charge < -0.3 is 10.1 Å². The number of methoxy groups -OCH3 is 1. The number of para-hydroxylation sites is 2. The smallest absolute Gasteiger partial charge is 0.339 e. The van der Waals surface area contributed by atoms with Crippen molar-refractivity contribution in [1.82, 2.24) is 14.5 Å². The number of fused-ring (bicyclic) bond motifs is 1. The molecule has 2 heterocycles. The van der Waals surface area contributed by atoms with E-state index in [1.165, 1.54) is 7.11 Å². The van der Waals surface area contributed by atoms with Crippen molar-refractivity contribution in [2.45, 2.75) is 0 Å². The fourth-order valence-corrected chi connectivity index (χ4v) is 3.01. The molecule has 2 aromatic heterocycles. The van der Waals surface area contributed by atoms with Gasteiger partial charge >= 0.3 is 5.97 Å². The summed E-state index contributed by atoms with van der Waals surface area (Å²) in [4.78, 5) is 33.5. The van der Waals surface area contributed by atoms with Gasteiger partial charge in [0.05, 0.1) is 29.4 Å². The van der Waals surface area contributed by atoms with Gasteiger partial charge in [-0.25, -0.2) is 14.8 Å². The molecule has 0 atom stereocenters. The molecule has 0 saturated carbocycles. The van der Waals surface area contributed by atoms with Crippen LogP contribution >= 0.6 is 0 Å². The van der Waals surface area contributed by atoms with Crippen molar-refractivity contribution in [3.05, 3.63) is 84.3 Å². The van der Waals surface area contributed by atoms with E-state index in [2.05, 4.69) is 15.3 Å². The second kappa shape index (κ2) is 7.32. The highest BCUT2D eigenvalue weighted by atomic mass is 16.5. The first kappa shape index (κ1) is 17.4. The van der Waals surface area contributed by atoms with Gasteiger partial charge in [-0.2, -0.15) is 0 Å². The van der Waals surface area contributed by atoms with Crippen LogP contribution in [0.5, 0.6) is 0 Å². The molecule has 0 fully saturated rings. The zero-order valence-electron chi connectivity index (χ0n) is 15.0. The van der Waals surface area contributed by atoms with E-state index in [1.54, 1.807) is 53.5 Å². The van der Waals surface area contributed by atoms with Gasteiger partial charge in [-0.1, -0.05) is 30.3 Å². The number of nitrogens with one attached hydrogen (secondary N) is 1. The zero-order valence-corrected chi connectivity index (χ0v) is 15.0. The number of carbonyl (C=O) groups is 2. The maximum atomic E-state index is 13.0. The Bertz CT molecular complexity index is 1170. The molecule has 0 bridgehead atoms. The van der Waals surface area contributed by atoms with E-state index in [4.69, 9.17) is 4.74 Å². The Kier molecular flexibility index (Phi) is 4.55. The maximum Gasteiger partial charge on any atom is 0.339 e. The molecule has 4 rings (SSSR count). The number of hydrogen-bond acceptors (Lipinski definition) is 5. The molecule has 1 N–H and O–H groups in total. The van der Waals surface area contributed by atoms with Crippen LogP contribution in [0, 0.1) is 0 Å². The molecule has 7 nitrogen and oxygen atoms in total. The SMILES string of the molecule is COC(=O)c1ccccc1NC(=O)c1cn(-c2ncccn2)c2ccccc12. The van der Waals surface area contributed by atoms with Gasteiger partial charge in [-0.3, -0.25) is 9.36 Å². The van der Waals surface area contributed by atoms with Gasteiger partial charge in [0.1, 0.15) is 0 Å². The summed E-state index contributed by atoms with van der Waals surface area (Å²) in [7, 11) is 1.30. The number of hydrogen-bond donors (Lipinski definition) is 1. The molecule has 138 valence electrons. The molecule has 0 aliphatic carbocycles. The van der Waals surface area contributed by atoms with Crippen LogP contribution in [0.25, 0.3) is 16.9 Å². The summed E-state index contributed by atoms with van der Waals surface area (Å²) in [5.41, 5.74) is 1.92. The molecule has 0 aliphatic heterocycles. The van der Waals surface area contributed by atoms with Crippen LogP contribution in [0.2, 0.25) is 0 Å². The Morgan fingerprint density at radius 2 is 1.64 bits per heavy atom. The minimum absolute atomic E-state index is 0.286. The van der Waals surface area contributed by atoms with Gasteiger partial charge in [0, 0.05) is 24.0 Å². The first-order valence-electron chi connectivity index (χ1n) is 8.55. The molecule has 0 unspecified atom stereocenters. The molecule has 0 spiro atoms. The Labute approximate surface area is 160 Å². The second-order valence-corrected chi connectivity index (χ2v) is 5.97. The van der Waals surface area contributed by atoms with Crippen molar-refractivity contribution in [1.29, 1.82) is 0 Å². The largest absolute Gasteiger partial charge is 0.465 e. The summed E-state index contributed by atoms with van der Waals surface area (Å²) in [5, 5.41) is 3.56. The highest BCUT2D eigenvalue weighted by Gasteiger charge is 2.19. The summed E-state index contributed by atoms with van der Waals surface area (Å²) in [6.07, 6.45) is 4.98. The van der Waals surface area contributed by atoms with E-state index >= 15 is 0 Å². The van der Waals surface area contributed by atoms with Crippen molar-refractivity contribution >= 4 is 28.5 Å². The molecular weight excluding hydrogens is 356 g/mol. The fraction of sp³-hybridized carbons (Fsp3) is 0.0476. The molecule has 0 aliphatic rings. The Morgan fingerprint density at radius 1 is 0.929 bits per heavy atom. The van der Waals surface area contributed by atoms with Crippen LogP contribution in [0.1, 0.15) is 20.7 Å². The zero-order chi connectivity index (χ0) is 19.5. The molecule has 2 aromatic carbocycles. The van der Waals surface area contributed by atoms with Crippen molar-refractivity contribution in [3.8, 4) is 5.95 Å². The normalized spacial score (nSPS) is 10.6. The number of nitrogens with zero attached hydrogens (tertiary/aromatic N) is 3. The lowest BCUT2D eigenvalue weighted by molar-refractivity contribution is 0.0602. The van der Waals surface area contributed by atoms with Crippen LogP contribution in [0.4, 0.5) is 5.69 Å². The highest BCUT2D eigenvalue weighted by Crippen LogP contribution is 2.25. The summed E-state index contributed by atoms with van der Waals surface area (Å²) in [5.74, 6) is -0.397. The topological polar surface area (TPSA) is 86.1 Å². The summed E-state index contributed by atoms with van der Waals surface area (Å²) >= 11 is 0. The first-order chi connectivity index (χ1) is 13.7. The number of ether oxygens (including phenoxy) is 1. The summed E-state index contributed by atoms with van der Waals surface area (Å²) in [6, 6.07) is 15.9. The van der Waals surface area contributed by atoms with Gasteiger partial charge in [0.2, 0.25) is 5.95 Å². The number of esters is 1. The van der Waals surface area contributed by atoms with Gasteiger partial charge in [-0.05, 0) is 24.3 Å². The summed E-state index contributed by atoms with van der Waals surface area (Å²) < 4.78 is 6.55. The Hall–Kier alpha value is -4.00. The molecule has 0 radical (unpaired) electrons. The van der Waals surface area contributed by atoms with Crippen molar-refractivity contribution in [2.75, 3.05) is 12.4 Å². The molecule has 4 aromatic rings. The maximum absolute atomic E-state index is 13.0. The lowest BCUT2D eigenvalue weighted by Crippen LogP contribution is -2.15. The first-order valence-corrected chi connectivity index (χ1v) is 8.55. The number of carbonyl (C=O) groups excluding carboxylic acids is 2. The van der Waals surface area contributed by atoms with Crippen molar-refractivity contribution in [2.24, 2.45) is 0 Å². The van der Waals surface area contributed by atoms with Gasteiger partial charge in [0.15, 0.2) is 0 Å². The van der Waals surface area contributed by atoms with Crippen LogP contribution in [-0.4, -0.2) is 33.5 Å².